The molecule has 6 nitrogen and oxygen atoms in total. The lowest BCUT2D eigenvalue weighted by molar-refractivity contribution is -0.119. The number of phenolic OH excluding ortho intramolecular Hbond substituents is 1. The highest BCUT2D eigenvalue weighted by atomic mass is 32.2. The van der Waals surface area contributed by atoms with Crippen LogP contribution in [0.3, 0.4) is 0 Å². The standard InChI is InChI=1S/C16H20N4O2S/c1-20-15(11-6-8-13(21)9-7-11)18-19-16(20)23-10-14(22)17-12-4-2-3-5-12/h6-9,12,21H,2-5,10H2,1H3,(H,17,22). The Hall–Kier alpha value is -2.02. The zero-order valence-corrected chi connectivity index (χ0v) is 13.8. The number of aromatic hydroxyl groups is 1. The van der Waals surface area contributed by atoms with Crippen molar-refractivity contribution in [2.75, 3.05) is 5.75 Å². The minimum Gasteiger partial charge on any atom is -0.508 e. The van der Waals surface area contributed by atoms with Crippen LogP contribution < -0.4 is 5.32 Å². The number of hydrogen-bond acceptors (Lipinski definition) is 5. The number of thioether (sulfide) groups is 1. The number of carbonyl (C=O) groups excluding carboxylic acids is 1. The zero-order chi connectivity index (χ0) is 16.2. The number of hydrogen-bond donors (Lipinski definition) is 2. The van der Waals surface area contributed by atoms with E-state index in [-0.39, 0.29) is 11.7 Å². The molecule has 1 aromatic heterocycles. The van der Waals surface area contributed by atoms with Gasteiger partial charge in [-0.2, -0.15) is 0 Å². The van der Waals surface area contributed by atoms with Gasteiger partial charge in [-0.3, -0.25) is 4.79 Å². The highest BCUT2D eigenvalue weighted by Gasteiger charge is 2.18. The summed E-state index contributed by atoms with van der Waals surface area (Å²) in [6.07, 6.45) is 4.59. The normalized spacial score (nSPS) is 15.0. The van der Waals surface area contributed by atoms with E-state index in [4.69, 9.17) is 0 Å². The monoisotopic (exact) mass is 332 g/mol. The van der Waals surface area contributed by atoms with Gasteiger partial charge in [0.05, 0.1) is 5.75 Å². The Morgan fingerprint density at radius 2 is 2.00 bits per heavy atom. The van der Waals surface area contributed by atoms with Gasteiger partial charge in [0.1, 0.15) is 5.75 Å². The van der Waals surface area contributed by atoms with Gasteiger partial charge in [0.25, 0.3) is 0 Å². The Balaban J connectivity index is 1.60. The van der Waals surface area contributed by atoms with E-state index in [1.165, 1.54) is 24.6 Å². The Bertz CT molecular complexity index is 678. The SMILES string of the molecule is Cn1c(SCC(=O)NC2CCCC2)nnc1-c1ccc(O)cc1. The van der Waals surface area contributed by atoms with Gasteiger partial charge in [-0.1, -0.05) is 24.6 Å². The van der Waals surface area contributed by atoms with Crippen LogP contribution in [0.1, 0.15) is 25.7 Å². The smallest absolute Gasteiger partial charge is 0.230 e. The minimum absolute atomic E-state index is 0.0519. The van der Waals surface area contributed by atoms with Gasteiger partial charge in [-0.05, 0) is 37.1 Å². The molecule has 0 bridgehead atoms. The van der Waals surface area contributed by atoms with Crippen LogP contribution in [0, 0.1) is 0 Å². The van der Waals surface area contributed by atoms with Gasteiger partial charge in [-0.15, -0.1) is 10.2 Å². The van der Waals surface area contributed by atoms with Crippen molar-refractivity contribution < 1.29 is 9.90 Å². The van der Waals surface area contributed by atoms with Gasteiger partial charge >= 0.3 is 0 Å². The van der Waals surface area contributed by atoms with E-state index < -0.39 is 0 Å². The third-order valence-electron chi connectivity index (χ3n) is 4.01. The molecular weight excluding hydrogens is 312 g/mol. The molecule has 1 aromatic carbocycles. The average molecular weight is 332 g/mol. The van der Waals surface area contributed by atoms with E-state index in [2.05, 4.69) is 15.5 Å². The summed E-state index contributed by atoms with van der Waals surface area (Å²) in [6.45, 7) is 0. The topological polar surface area (TPSA) is 80.0 Å². The number of rotatable bonds is 5. The van der Waals surface area contributed by atoms with Gasteiger partial charge in [0.15, 0.2) is 11.0 Å². The van der Waals surface area contributed by atoms with E-state index >= 15 is 0 Å². The van der Waals surface area contributed by atoms with Crippen molar-refractivity contribution in [3.05, 3.63) is 24.3 Å². The molecule has 2 N–H and O–H groups in total. The first-order valence-electron chi connectivity index (χ1n) is 7.74. The highest BCUT2D eigenvalue weighted by Crippen LogP contribution is 2.24. The number of benzene rings is 1. The molecule has 122 valence electrons. The molecule has 1 fully saturated rings. The van der Waals surface area contributed by atoms with Crippen molar-refractivity contribution in [1.82, 2.24) is 20.1 Å². The fourth-order valence-electron chi connectivity index (χ4n) is 2.77. The predicted octanol–water partition coefficient (Wildman–Crippen LogP) is 2.34. The second-order valence-electron chi connectivity index (χ2n) is 5.75. The molecule has 0 radical (unpaired) electrons. The largest absolute Gasteiger partial charge is 0.508 e. The summed E-state index contributed by atoms with van der Waals surface area (Å²) in [7, 11) is 1.87. The highest BCUT2D eigenvalue weighted by molar-refractivity contribution is 7.99. The van der Waals surface area contributed by atoms with Crippen molar-refractivity contribution in [1.29, 1.82) is 0 Å². The summed E-state index contributed by atoms with van der Waals surface area (Å²) in [6, 6.07) is 7.16. The number of nitrogens with zero attached hydrogens (tertiary/aromatic N) is 3. The third kappa shape index (κ3) is 3.85. The number of phenols is 1. The van der Waals surface area contributed by atoms with Crippen molar-refractivity contribution in [2.24, 2.45) is 7.05 Å². The van der Waals surface area contributed by atoms with E-state index in [0.29, 0.717) is 22.8 Å². The van der Waals surface area contributed by atoms with E-state index in [9.17, 15) is 9.90 Å². The molecule has 1 aliphatic rings. The molecule has 1 aliphatic carbocycles. The second kappa shape index (κ2) is 7.04. The number of amides is 1. The van der Waals surface area contributed by atoms with E-state index in [0.717, 1.165) is 18.4 Å². The lowest BCUT2D eigenvalue weighted by Crippen LogP contribution is -2.33. The summed E-state index contributed by atoms with van der Waals surface area (Å²) in [4.78, 5) is 12.0. The van der Waals surface area contributed by atoms with Gasteiger partial charge in [0.2, 0.25) is 5.91 Å². The average Bonchev–Trinajstić information content (AvgIpc) is 3.16. The van der Waals surface area contributed by atoms with Gasteiger partial charge in [0, 0.05) is 18.7 Å². The summed E-state index contributed by atoms with van der Waals surface area (Å²) in [5, 5.41) is 21.4. The fourth-order valence-corrected chi connectivity index (χ4v) is 3.49. The molecule has 0 spiro atoms. The molecule has 23 heavy (non-hydrogen) atoms. The summed E-state index contributed by atoms with van der Waals surface area (Å²) in [5.74, 6) is 1.33. The Kier molecular flexibility index (Phi) is 4.85. The minimum atomic E-state index is 0.0519. The quantitative estimate of drug-likeness (QED) is 0.822. The Morgan fingerprint density at radius 3 is 2.70 bits per heavy atom. The molecule has 1 heterocycles. The van der Waals surface area contributed by atoms with Crippen LogP contribution in [0.2, 0.25) is 0 Å². The van der Waals surface area contributed by atoms with Crippen LogP contribution in [0.5, 0.6) is 5.75 Å². The molecule has 7 heteroatoms. The molecule has 3 rings (SSSR count). The third-order valence-corrected chi connectivity index (χ3v) is 5.03. The molecule has 0 saturated heterocycles. The van der Waals surface area contributed by atoms with E-state index in [1.54, 1.807) is 24.3 Å². The van der Waals surface area contributed by atoms with Gasteiger partial charge < -0.3 is 15.0 Å². The molecule has 1 saturated carbocycles. The zero-order valence-electron chi connectivity index (χ0n) is 13.0. The van der Waals surface area contributed by atoms with Crippen molar-refractivity contribution in [2.45, 2.75) is 36.9 Å². The first kappa shape index (κ1) is 15.9. The van der Waals surface area contributed by atoms with Crippen LogP contribution in [0.4, 0.5) is 0 Å². The first-order chi connectivity index (χ1) is 11.1. The maximum atomic E-state index is 12.0. The molecule has 0 atom stereocenters. The van der Waals surface area contributed by atoms with Crippen LogP contribution >= 0.6 is 11.8 Å². The molecule has 2 aromatic rings. The lowest BCUT2D eigenvalue weighted by atomic mass is 10.2. The maximum Gasteiger partial charge on any atom is 0.230 e. The van der Waals surface area contributed by atoms with Crippen LogP contribution in [-0.4, -0.2) is 37.6 Å². The number of nitrogens with one attached hydrogen (secondary N) is 1. The number of aromatic nitrogens is 3. The molecule has 1 amide bonds. The first-order valence-corrected chi connectivity index (χ1v) is 8.73. The van der Waals surface area contributed by atoms with Gasteiger partial charge in [-0.25, -0.2) is 0 Å². The molecule has 0 aliphatic heterocycles. The van der Waals surface area contributed by atoms with Crippen LogP contribution in [0.25, 0.3) is 11.4 Å². The van der Waals surface area contributed by atoms with Crippen LogP contribution in [-0.2, 0) is 11.8 Å². The fraction of sp³-hybridized carbons (Fsp3) is 0.438. The summed E-state index contributed by atoms with van der Waals surface area (Å²) in [5.41, 5.74) is 0.875. The lowest BCUT2D eigenvalue weighted by Gasteiger charge is -2.11. The Morgan fingerprint density at radius 1 is 1.30 bits per heavy atom. The second-order valence-corrected chi connectivity index (χ2v) is 6.69. The van der Waals surface area contributed by atoms with Crippen LogP contribution in [0.15, 0.2) is 29.4 Å². The van der Waals surface area contributed by atoms with E-state index in [1.807, 2.05) is 11.6 Å². The van der Waals surface area contributed by atoms with Crippen molar-refractivity contribution in [3.63, 3.8) is 0 Å². The molecular formula is C16H20N4O2S. The number of carbonyl (C=O) groups is 1. The van der Waals surface area contributed by atoms with Crippen molar-refractivity contribution >= 4 is 17.7 Å². The predicted molar refractivity (Wildman–Crippen MR) is 89.2 cm³/mol. The summed E-state index contributed by atoms with van der Waals surface area (Å²) < 4.78 is 1.86. The Labute approximate surface area is 139 Å². The molecule has 0 unspecified atom stereocenters. The summed E-state index contributed by atoms with van der Waals surface area (Å²) >= 11 is 1.39. The van der Waals surface area contributed by atoms with Crippen molar-refractivity contribution in [3.8, 4) is 17.1 Å². The maximum absolute atomic E-state index is 12.0.